The Hall–Kier alpha value is -2.00. The van der Waals surface area contributed by atoms with E-state index >= 15 is 0 Å². The van der Waals surface area contributed by atoms with Crippen molar-refractivity contribution in [2.75, 3.05) is 19.7 Å². The van der Waals surface area contributed by atoms with Crippen molar-refractivity contribution >= 4 is 21.9 Å². The Bertz CT molecular complexity index is 882. The Labute approximate surface area is 183 Å². The molecule has 0 spiro atoms. The van der Waals surface area contributed by atoms with Crippen LogP contribution in [-0.2, 0) is 24.3 Å². The van der Waals surface area contributed by atoms with E-state index in [1.807, 2.05) is 0 Å². The van der Waals surface area contributed by atoms with E-state index in [1.54, 1.807) is 0 Å². The molecule has 0 radical (unpaired) electrons. The standard InChI is InChI=1S/C22H31FN2O5S/c1-15-4-3-5-20(16(15)2)24-21(26)14-30-22(27)17-10-12-25(13-11-17)31(28,29)19-8-6-18(23)7-9-19/h6-9,15-17,20H,3-5,10-14H2,1-2H3,(H,24,26). The van der Waals surface area contributed by atoms with Crippen molar-refractivity contribution in [2.24, 2.45) is 17.8 Å². The quantitative estimate of drug-likeness (QED) is 0.667. The largest absolute Gasteiger partial charge is 0.455 e. The highest BCUT2D eigenvalue weighted by Crippen LogP contribution is 2.29. The fourth-order valence-corrected chi connectivity index (χ4v) is 5.85. The second-order valence-corrected chi connectivity index (χ2v) is 10.6. The van der Waals surface area contributed by atoms with Gasteiger partial charge < -0.3 is 10.1 Å². The minimum Gasteiger partial charge on any atom is -0.455 e. The smallest absolute Gasteiger partial charge is 0.309 e. The van der Waals surface area contributed by atoms with Gasteiger partial charge in [0.05, 0.1) is 10.8 Å². The molecule has 2 fully saturated rings. The maximum Gasteiger partial charge on any atom is 0.309 e. The first-order valence-corrected chi connectivity index (χ1v) is 12.3. The van der Waals surface area contributed by atoms with Gasteiger partial charge in [-0.05, 0) is 55.4 Å². The summed E-state index contributed by atoms with van der Waals surface area (Å²) in [6.07, 6.45) is 3.82. The molecule has 1 saturated carbocycles. The Morgan fingerprint density at radius 3 is 2.39 bits per heavy atom. The molecule has 3 atom stereocenters. The van der Waals surface area contributed by atoms with Gasteiger partial charge >= 0.3 is 5.97 Å². The highest BCUT2D eigenvalue weighted by Gasteiger charge is 2.33. The second-order valence-electron chi connectivity index (χ2n) is 8.68. The second kappa shape index (κ2) is 10.1. The van der Waals surface area contributed by atoms with Crippen LogP contribution in [0.4, 0.5) is 4.39 Å². The summed E-state index contributed by atoms with van der Waals surface area (Å²) in [5.41, 5.74) is 0. The number of nitrogens with one attached hydrogen (secondary N) is 1. The summed E-state index contributed by atoms with van der Waals surface area (Å²) in [4.78, 5) is 24.6. The summed E-state index contributed by atoms with van der Waals surface area (Å²) in [5, 5.41) is 2.98. The highest BCUT2D eigenvalue weighted by molar-refractivity contribution is 7.89. The van der Waals surface area contributed by atoms with Crippen molar-refractivity contribution in [1.29, 1.82) is 0 Å². The first-order valence-electron chi connectivity index (χ1n) is 10.9. The average molecular weight is 455 g/mol. The molecule has 9 heteroatoms. The summed E-state index contributed by atoms with van der Waals surface area (Å²) >= 11 is 0. The molecular formula is C22H31FN2O5S. The van der Waals surface area contributed by atoms with Crippen LogP contribution in [0.2, 0.25) is 0 Å². The van der Waals surface area contributed by atoms with Gasteiger partial charge in [-0.15, -0.1) is 0 Å². The number of ether oxygens (including phenoxy) is 1. The van der Waals surface area contributed by atoms with E-state index in [0.29, 0.717) is 24.7 Å². The van der Waals surface area contributed by atoms with Crippen LogP contribution in [0.15, 0.2) is 29.2 Å². The molecule has 0 aromatic heterocycles. The van der Waals surface area contributed by atoms with Crippen molar-refractivity contribution < 1.29 is 27.1 Å². The predicted octanol–water partition coefficient (Wildman–Crippen LogP) is 2.71. The number of hydrogen-bond donors (Lipinski definition) is 1. The van der Waals surface area contributed by atoms with Gasteiger partial charge in [0, 0.05) is 19.1 Å². The molecule has 172 valence electrons. The lowest BCUT2D eigenvalue weighted by molar-refractivity contribution is -0.154. The van der Waals surface area contributed by atoms with E-state index in [0.717, 1.165) is 31.4 Å². The Morgan fingerprint density at radius 2 is 1.74 bits per heavy atom. The zero-order valence-corrected chi connectivity index (χ0v) is 18.9. The molecule has 31 heavy (non-hydrogen) atoms. The molecular weight excluding hydrogens is 423 g/mol. The fraction of sp³-hybridized carbons (Fsp3) is 0.636. The van der Waals surface area contributed by atoms with Crippen molar-refractivity contribution in [3.05, 3.63) is 30.1 Å². The van der Waals surface area contributed by atoms with E-state index < -0.39 is 27.7 Å². The van der Waals surface area contributed by atoms with Crippen molar-refractivity contribution in [3.8, 4) is 0 Å². The van der Waals surface area contributed by atoms with Gasteiger partial charge in [-0.2, -0.15) is 4.31 Å². The number of halogens is 1. The molecule has 1 amide bonds. The lowest BCUT2D eigenvalue weighted by atomic mass is 9.78. The predicted molar refractivity (Wildman–Crippen MR) is 113 cm³/mol. The van der Waals surface area contributed by atoms with Gasteiger partial charge in [-0.25, -0.2) is 12.8 Å². The SMILES string of the molecule is CC1CCCC(NC(=O)COC(=O)C2CCN(S(=O)(=O)c3ccc(F)cc3)CC2)C1C. The monoisotopic (exact) mass is 454 g/mol. The highest BCUT2D eigenvalue weighted by atomic mass is 32.2. The van der Waals surface area contributed by atoms with Crippen LogP contribution >= 0.6 is 0 Å². The maximum atomic E-state index is 13.1. The lowest BCUT2D eigenvalue weighted by Gasteiger charge is -2.34. The first kappa shape index (κ1) is 23.7. The Morgan fingerprint density at radius 1 is 1.10 bits per heavy atom. The van der Waals surface area contributed by atoms with Gasteiger partial charge in [0.1, 0.15) is 5.82 Å². The number of benzene rings is 1. The van der Waals surface area contributed by atoms with Crippen molar-refractivity contribution in [1.82, 2.24) is 9.62 Å². The molecule has 1 aromatic carbocycles. The van der Waals surface area contributed by atoms with Crippen LogP contribution in [-0.4, -0.2) is 50.3 Å². The van der Waals surface area contributed by atoms with E-state index in [-0.39, 0.29) is 36.5 Å². The minimum atomic E-state index is -3.73. The maximum absolute atomic E-state index is 13.1. The number of esters is 1. The summed E-state index contributed by atoms with van der Waals surface area (Å²) in [6, 6.07) is 4.79. The number of amides is 1. The molecule has 7 nitrogen and oxygen atoms in total. The number of piperidine rings is 1. The van der Waals surface area contributed by atoms with Crippen LogP contribution in [0.5, 0.6) is 0 Å². The molecule has 1 N–H and O–H groups in total. The third-order valence-corrected chi connectivity index (χ3v) is 8.55. The number of sulfonamides is 1. The lowest BCUT2D eigenvalue weighted by Crippen LogP contribution is -2.45. The van der Waals surface area contributed by atoms with Crippen LogP contribution in [0.25, 0.3) is 0 Å². The summed E-state index contributed by atoms with van der Waals surface area (Å²) in [5.74, 6) is -0.772. The van der Waals surface area contributed by atoms with Gasteiger partial charge in [-0.3, -0.25) is 9.59 Å². The number of nitrogens with zero attached hydrogens (tertiary/aromatic N) is 1. The third kappa shape index (κ3) is 5.83. The molecule has 0 bridgehead atoms. The third-order valence-electron chi connectivity index (χ3n) is 6.64. The van der Waals surface area contributed by atoms with Gasteiger partial charge in [0.2, 0.25) is 10.0 Å². The van der Waals surface area contributed by atoms with Crippen molar-refractivity contribution in [2.45, 2.75) is 56.9 Å². The Kier molecular flexibility index (Phi) is 7.69. The zero-order chi connectivity index (χ0) is 22.6. The van der Waals surface area contributed by atoms with E-state index in [4.69, 9.17) is 4.74 Å². The Balaban J connectivity index is 1.45. The van der Waals surface area contributed by atoms with Crippen LogP contribution in [0.1, 0.15) is 46.0 Å². The number of carbonyl (C=O) groups excluding carboxylic acids is 2. The van der Waals surface area contributed by atoms with Gasteiger partial charge in [0.15, 0.2) is 6.61 Å². The summed E-state index contributed by atoms with van der Waals surface area (Å²) in [7, 11) is -3.73. The van der Waals surface area contributed by atoms with E-state index in [2.05, 4.69) is 19.2 Å². The van der Waals surface area contributed by atoms with Gasteiger partial charge in [0.25, 0.3) is 5.91 Å². The van der Waals surface area contributed by atoms with Crippen LogP contribution in [0.3, 0.4) is 0 Å². The van der Waals surface area contributed by atoms with E-state index in [9.17, 15) is 22.4 Å². The summed E-state index contributed by atoms with van der Waals surface area (Å²) < 4.78 is 44.9. The number of hydrogen-bond acceptors (Lipinski definition) is 5. The molecule has 3 rings (SSSR count). The zero-order valence-electron chi connectivity index (χ0n) is 18.1. The molecule has 2 aliphatic rings. The van der Waals surface area contributed by atoms with Gasteiger partial charge in [-0.1, -0.05) is 26.7 Å². The topological polar surface area (TPSA) is 92.8 Å². The minimum absolute atomic E-state index is 0.0258. The average Bonchev–Trinajstić information content (AvgIpc) is 2.75. The molecule has 1 aromatic rings. The van der Waals surface area contributed by atoms with Crippen LogP contribution < -0.4 is 5.32 Å². The molecule has 3 unspecified atom stereocenters. The van der Waals surface area contributed by atoms with Crippen LogP contribution in [0, 0.1) is 23.6 Å². The number of rotatable bonds is 6. The molecule has 1 heterocycles. The summed E-state index contributed by atoms with van der Waals surface area (Å²) in [6.45, 7) is 4.34. The number of carbonyl (C=O) groups is 2. The first-order chi connectivity index (χ1) is 14.7. The van der Waals surface area contributed by atoms with E-state index in [1.165, 1.54) is 16.4 Å². The molecule has 1 saturated heterocycles. The fourth-order valence-electron chi connectivity index (χ4n) is 4.38. The van der Waals surface area contributed by atoms with Crippen molar-refractivity contribution in [3.63, 3.8) is 0 Å². The molecule has 1 aliphatic carbocycles. The normalized spacial score (nSPS) is 25.7. The molecule has 1 aliphatic heterocycles.